The van der Waals surface area contributed by atoms with Crippen molar-refractivity contribution in [2.24, 2.45) is 0 Å². The minimum Gasteiger partial charge on any atom is -0.334 e. The van der Waals surface area contributed by atoms with Gasteiger partial charge in [-0.3, -0.25) is 9.59 Å². The summed E-state index contributed by atoms with van der Waals surface area (Å²) in [6.07, 6.45) is 0.0218. The van der Waals surface area contributed by atoms with E-state index in [1.54, 1.807) is 4.90 Å². The van der Waals surface area contributed by atoms with Crippen LogP contribution in [0.1, 0.15) is 24.5 Å². The van der Waals surface area contributed by atoms with Gasteiger partial charge in [0.05, 0.1) is 6.42 Å². The smallest absolute Gasteiger partial charge is 0.230 e. The third-order valence-corrected chi connectivity index (χ3v) is 2.59. The Kier molecular flexibility index (Phi) is 2.54. The van der Waals surface area contributed by atoms with Crippen molar-refractivity contribution >= 4 is 11.7 Å². The number of carbonyl (C=O) groups is 2. The van der Waals surface area contributed by atoms with Crippen LogP contribution in [0.3, 0.4) is 0 Å². The van der Waals surface area contributed by atoms with Gasteiger partial charge in [0.15, 0.2) is 0 Å². The molecule has 0 spiro atoms. The number of benzene rings is 1. The Morgan fingerprint density at radius 3 is 2.20 bits per heavy atom. The number of hydrogen-bond acceptors (Lipinski definition) is 2. The molecule has 0 aromatic heterocycles. The summed E-state index contributed by atoms with van der Waals surface area (Å²) < 4.78 is 0. The summed E-state index contributed by atoms with van der Waals surface area (Å²) in [5, 5.41) is 0. The molecule has 3 nitrogen and oxygen atoms in total. The Hall–Kier alpha value is -1.64. The first-order chi connectivity index (χ1) is 7.16. The van der Waals surface area contributed by atoms with Crippen molar-refractivity contribution in [1.82, 2.24) is 4.90 Å². The Labute approximate surface area is 88.7 Å². The number of fused-ring (bicyclic) bond motifs is 1. The Balaban J connectivity index is 2.07. The zero-order valence-corrected chi connectivity index (χ0v) is 8.69. The molecule has 3 heteroatoms. The molecule has 0 N–H and O–H groups in total. The maximum absolute atomic E-state index is 11.6. The number of nitrogens with zero attached hydrogens (tertiary/aromatic N) is 1. The first kappa shape index (κ1) is 9.90. The molecule has 1 aliphatic rings. The summed E-state index contributed by atoms with van der Waals surface area (Å²) in [6, 6.07) is 7.99. The molecule has 78 valence electrons. The van der Waals surface area contributed by atoms with Crippen LogP contribution in [0.15, 0.2) is 24.3 Å². The van der Waals surface area contributed by atoms with Crippen LogP contribution in [0.25, 0.3) is 0 Å². The average Bonchev–Trinajstić information content (AvgIpc) is 2.59. The van der Waals surface area contributed by atoms with Gasteiger partial charge in [-0.25, -0.2) is 0 Å². The Bertz CT molecular complexity index is 387. The lowest BCUT2D eigenvalue weighted by molar-refractivity contribution is -0.135. The summed E-state index contributed by atoms with van der Waals surface area (Å²) in [7, 11) is 0. The molecule has 1 heterocycles. The molecule has 1 aliphatic heterocycles. The molecule has 0 unspecified atom stereocenters. The fraction of sp³-hybridized carbons (Fsp3) is 0.333. The number of ketones is 1. The summed E-state index contributed by atoms with van der Waals surface area (Å²) in [5.41, 5.74) is 2.38. The van der Waals surface area contributed by atoms with Crippen molar-refractivity contribution in [2.45, 2.75) is 26.4 Å². The molecule has 0 atom stereocenters. The van der Waals surface area contributed by atoms with E-state index in [2.05, 4.69) is 0 Å². The van der Waals surface area contributed by atoms with Crippen LogP contribution in [0, 0.1) is 0 Å². The number of hydrogen-bond donors (Lipinski definition) is 0. The third-order valence-electron chi connectivity index (χ3n) is 2.59. The minimum absolute atomic E-state index is 0.0218. The van der Waals surface area contributed by atoms with Crippen molar-refractivity contribution in [2.75, 3.05) is 0 Å². The highest BCUT2D eigenvalue weighted by atomic mass is 16.2. The van der Waals surface area contributed by atoms with Crippen LogP contribution in [0.2, 0.25) is 0 Å². The molecule has 0 saturated heterocycles. The Morgan fingerprint density at radius 2 is 1.73 bits per heavy atom. The van der Waals surface area contributed by atoms with Gasteiger partial charge < -0.3 is 4.90 Å². The second-order valence-electron chi connectivity index (χ2n) is 3.90. The van der Waals surface area contributed by atoms with Gasteiger partial charge >= 0.3 is 0 Å². The van der Waals surface area contributed by atoms with Gasteiger partial charge in [-0.1, -0.05) is 24.3 Å². The molecule has 0 fully saturated rings. The van der Waals surface area contributed by atoms with Gasteiger partial charge in [0, 0.05) is 13.1 Å². The lowest BCUT2D eigenvalue weighted by atomic mass is 10.1. The monoisotopic (exact) mass is 203 g/mol. The van der Waals surface area contributed by atoms with E-state index in [4.69, 9.17) is 0 Å². The van der Waals surface area contributed by atoms with E-state index < -0.39 is 0 Å². The Morgan fingerprint density at radius 1 is 1.20 bits per heavy atom. The molecule has 2 rings (SSSR count). The molecule has 1 amide bonds. The van der Waals surface area contributed by atoms with Gasteiger partial charge in [0.1, 0.15) is 5.78 Å². The van der Waals surface area contributed by atoms with Crippen molar-refractivity contribution in [3.63, 3.8) is 0 Å². The quantitative estimate of drug-likeness (QED) is 0.683. The molecular weight excluding hydrogens is 190 g/mol. The first-order valence-electron chi connectivity index (χ1n) is 5.01. The second-order valence-corrected chi connectivity index (χ2v) is 3.90. The highest BCUT2D eigenvalue weighted by Crippen LogP contribution is 2.22. The van der Waals surface area contributed by atoms with Crippen molar-refractivity contribution in [1.29, 1.82) is 0 Å². The van der Waals surface area contributed by atoms with Crippen LogP contribution in [0.5, 0.6) is 0 Å². The predicted octanol–water partition coefficient (Wildman–Crippen LogP) is 1.51. The third kappa shape index (κ3) is 2.06. The van der Waals surface area contributed by atoms with Crippen molar-refractivity contribution < 1.29 is 9.59 Å². The van der Waals surface area contributed by atoms with E-state index in [1.807, 2.05) is 24.3 Å². The fourth-order valence-electron chi connectivity index (χ4n) is 1.83. The van der Waals surface area contributed by atoms with Gasteiger partial charge in [-0.15, -0.1) is 0 Å². The van der Waals surface area contributed by atoms with E-state index in [1.165, 1.54) is 18.1 Å². The first-order valence-corrected chi connectivity index (χ1v) is 5.01. The van der Waals surface area contributed by atoms with E-state index in [-0.39, 0.29) is 18.1 Å². The summed E-state index contributed by atoms with van der Waals surface area (Å²) in [5.74, 6) is -0.144. The number of amides is 1. The molecule has 0 radical (unpaired) electrons. The average molecular weight is 203 g/mol. The molecular formula is C12H13NO2. The molecule has 0 saturated carbocycles. The topological polar surface area (TPSA) is 37.4 Å². The van der Waals surface area contributed by atoms with Crippen LogP contribution < -0.4 is 0 Å². The largest absolute Gasteiger partial charge is 0.334 e. The molecule has 0 bridgehead atoms. The van der Waals surface area contributed by atoms with Crippen LogP contribution >= 0.6 is 0 Å². The van der Waals surface area contributed by atoms with Crippen LogP contribution in [0.4, 0.5) is 0 Å². The van der Waals surface area contributed by atoms with E-state index in [0.29, 0.717) is 13.1 Å². The van der Waals surface area contributed by atoms with Gasteiger partial charge in [0.25, 0.3) is 0 Å². The lowest BCUT2D eigenvalue weighted by Crippen LogP contribution is -2.26. The lowest BCUT2D eigenvalue weighted by Gasteiger charge is -2.13. The molecule has 1 aromatic rings. The highest BCUT2D eigenvalue weighted by molar-refractivity contribution is 5.96. The zero-order valence-electron chi connectivity index (χ0n) is 8.69. The van der Waals surface area contributed by atoms with Crippen LogP contribution in [-0.2, 0) is 22.7 Å². The maximum atomic E-state index is 11.6. The summed E-state index contributed by atoms with van der Waals surface area (Å²) in [4.78, 5) is 24.2. The second kappa shape index (κ2) is 3.85. The van der Waals surface area contributed by atoms with Crippen molar-refractivity contribution in [3.05, 3.63) is 35.4 Å². The number of rotatable bonds is 2. The molecule has 1 aromatic carbocycles. The fourth-order valence-corrected chi connectivity index (χ4v) is 1.83. The normalized spacial score (nSPS) is 13.8. The number of Topliss-reactive ketones (excluding diaryl/α,β-unsaturated/α-hetero) is 1. The summed E-state index contributed by atoms with van der Waals surface area (Å²) >= 11 is 0. The van der Waals surface area contributed by atoms with E-state index in [9.17, 15) is 9.59 Å². The molecule has 15 heavy (non-hydrogen) atoms. The minimum atomic E-state index is -0.0732. The van der Waals surface area contributed by atoms with E-state index >= 15 is 0 Å². The number of carbonyl (C=O) groups excluding carboxylic acids is 2. The molecule has 0 aliphatic carbocycles. The zero-order chi connectivity index (χ0) is 10.8. The van der Waals surface area contributed by atoms with Gasteiger partial charge in [0.2, 0.25) is 5.91 Å². The van der Waals surface area contributed by atoms with E-state index in [0.717, 1.165) is 0 Å². The summed E-state index contributed by atoms with van der Waals surface area (Å²) in [6.45, 7) is 2.73. The van der Waals surface area contributed by atoms with Gasteiger partial charge in [-0.05, 0) is 18.1 Å². The highest BCUT2D eigenvalue weighted by Gasteiger charge is 2.23. The van der Waals surface area contributed by atoms with Crippen molar-refractivity contribution in [3.8, 4) is 0 Å². The predicted molar refractivity (Wildman–Crippen MR) is 56.0 cm³/mol. The SMILES string of the molecule is CC(=O)CC(=O)N1Cc2ccccc2C1. The standard InChI is InChI=1S/C12H13NO2/c1-9(14)6-12(15)13-7-10-4-2-3-5-11(10)8-13/h2-5H,6-8H2,1H3. The maximum Gasteiger partial charge on any atom is 0.230 e. The van der Waals surface area contributed by atoms with Gasteiger partial charge in [-0.2, -0.15) is 0 Å². The van der Waals surface area contributed by atoms with Crippen LogP contribution in [-0.4, -0.2) is 16.6 Å².